The Labute approximate surface area is 227 Å². The zero-order valence-electron chi connectivity index (χ0n) is 23.0. The van der Waals surface area contributed by atoms with Gasteiger partial charge in [-0.2, -0.15) is 0 Å². The van der Waals surface area contributed by atoms with Gasteiger partial charge in [-0.1, -0.05) is 30.3 Å². The van der Waals surface area contributed by atoms with E-state index in [1.807, 2.05) is 0 Å². The van der Waals surface area contributed by atoms with Crippen LogP contribution in [0.4, 0.5) is 4.79 Å². The predicted molar refractivity (Wildman–Crippen MR) is 132 cm³/mol. The average Bonchev–Trinajstić information content (AvgIpc) is 3.38. The van der Waals surface area contributed by atoms with Crippen LogP contribution in [0.25, 0.3) is 0 Å². The van der Waals surface area contributed by atoms with Gasteiger partial charge >= 0.3 is 12.1 Å². The van der Waals surface area contributed by atoms with Gasteiger partial charge in [0.2, 0.25) is 0 Å². The van der Waals surface area contributed by atoms with Crippen molar-refractivity contribution in [3.8, 4) is 0 Å². The lowest BCUT2D eigenvalue weighted by molar-refractivity contribution is -0.243. The van der Waals surface area contributed by atoms with Crippen molar-refractivity contribution in [2.24, 2.45) is 5.41 Å². The molecule has 3 saturated heterocycles. The number of ketones is 1. The molecule has 216 valence electrons. The first kappa shape index (κ1) is 29.4. The van der Waals surface area contributed by atoms with Gasteiger partial charge in [0.25, 0.3) is 0 Å². The Morgan fingerprint density at radius 2 is 1.49 bits per heavy atom. The lowest BCUT2D eigenvalue weighted by Crippen LogP contribution is -2.56. The molecular formula is C27H36O12. The van der Waals surface area contributed by atoms with Crippen LogP contribution in [0.15, 0.2) is 30.3 Å². The second-order valence-corrected chi connectivity index (χ2v) is 10.9. The Balaban J connectivity index is 1.32. The van der Waals surface area contributed by atoms with Crippen molar-refractivity contribution in [3.63, 3.8) is 0 Å². The monoisotopic (exact) mass is 552 g/mol. The molecule has 1 aromatic rings. The van der Waals surface area contributed by atoms with E-state index in [1.165, 1.54) is 14.0 Å². The number of hydrogen-bond acceptors (Lipinski definition) is 12. The van der Waals surface area contributed by atoms with Gasteiger partial charge in [0, 0.05) is 12.7 Å². The summed E-state index contributed by atoms with van der Waals surface area (Å²) in [6, 6.07) is 8.39. The maximum Gasteiger partial charge on any atom is 0.508 e. The van der Waals surface area contributed by atoms with Crippen LogP contribution in [-0.2, 0) is 47.4 Å². The summed E-state index contributed by atoms with van der Waals surface area (Å²) in [5, 5.41) is 0. The maximum atomic E-state index is 13.1. The lowest BCUT2D eigenvalue weighted by Gasteiger charge is -2.37. The van der Waals surface area contributed by atoms with Crippen LogP contribution in [0.3, 0.4) is 0 Å². The third-order valence-corrected chi connectivity index (χ3v) is 6.51. The van der Waals surface area contributed by atoms with Crippen molar-refractivity contribution in [3.05, 3.63) is 35.9 Å². The lowest BCUT2D eigenvalue weighted by atomic mass is 9.93. The SMILES string of the molecule is COCC(C)(COC(=O)OCC(=O)c1ccccc1)C(=O)OCC1OC2OC(C)(C)OC2C2OC(C)(C)OC12. The van der Waals surface area contributed by atoms with Crippen LogP contribution < -0.4 is 0 Å². The van der Waals surface area contributed by atoms with Crippen LogP contribution in [0.5, 0.6) is 0 Å². The average molecular weight is 553 g/mol. The predicted octanol–water partition coefficient (Wildman–Crippen LogP) is 2.61. The molecule has 0 N–H and O–H groups in total. The molecule has 12 heteroatoms. The first-order chi connectivity index (χ1) is 18.3. The Bertz CT molecular complexity index is 1040. The van der Waals surface area contributed by atoms with E-state index in [1.54, 1.807) is 58.0 Å². The van der Waals surface area contributed by atoms with E-state index in [2.05, 4.69) is 0 Å². The van der Waals surface area contributed by atoms with Gasteiger partial charge in [-0.05, 0) is 34.6 Å². The minimum Gasteiger partial charge on any atom is -0.462 e. The molecule has 6 unspecified atom stereocenters. The highest BCUT2D eigenvalue weighted by Crippen LogP contribution is 2.44. The Morgan fingerprint density at radius 1 is 0.846 bits per heavy atom. The number of carbonyl (C=O) groups is 3. The van der Waals surface area contributed by atoms with Crippen molar-refractivity contribution >= 4 is 17.9 Å². The summed E-state index contributed by atoms with van der Waals surface area (Å²) in [6.07, 6.45) is -4.12. The fourth-order valence-electron chi connectivity index (χ4n) is 4.73. The quantitative estimate of drug-likeness (QED) is 0.312. The highest BCUT2D eigenvalue weighted by atomic mass is 16.9. The highest BCUT2D eigenvalue weighted by Gasteiger charge is 2.61. The zero-order valence-corrected chi connectivity index (χ0v) is 23.0. The third-order valence-electron chi connectivity index (χ3n) is 6.51. The van der Waals surface area contributed by atoms with Crippen molar-refractivity contribution in [2.75, 3.05) is 33.5 Å². The van der Waals surface area contributed by atoms with E-state index in [4.69, 9.17) is 42.6 Å². The molecule has 0 spiro atoms. The van der Waals surface area contributed by atoms with Crippen molar-refractivity contribution in [2.45, 2.75) is 76.9 Å². The maximum absolute atomic E-state index is 13.1. The fraction of sp³-hybridized carbons (Fsp3) is 0.667. The smallest absolute Gasteiger partial charge is 0.462 e. The molecule has 0 radical (unpaired) electrons. The summed E-state index contributed by atoms with van der Waals surface area (Å²) in [4.78, 5) is 37.4. The van der Waals surface area contributed by atoms with Gasteiger partial charge in [-0.3, -0.25) is 9.59 Å². The number of methoxy groups -OCH3 is 1. The number of hydrogen-bond donors (Lipinski definition) is 0. The molecule has 1 aromatic carbocycles. The van der Waals surface area contributed by atoms with Crippen LogP contribution in [0.1, 0.15) is 45.0 Å². The normalized spacial score (nSPS) is 29.9. The summed E-state index contributed by atoms with van der Waals surface area (Å²) in [5.74, 6) is -2.86. The first-order valence-electron chi connectivity index (χ1n) is 12.7. The molecule has 0 amide bonds. The first-order valence-corrected chi connectivity index (χ1v) is 12.7. The second kappa shape index (κ2) is 11.5. The number of carbonyl (C=O) groups excluding carboxylic acids is 3. The van der Waals surface area contributed by atoms with E-state index in [9.17, 15) is 14.4 Å². The minimum atomic E-state index is -1.37. The van der Waals surface area contributed by atoms with Crippen molar-refractivity contribution in [1.29, 1.82) is 0 Å². The molecule has 3 fully saturated rings. The molecule has 0 bridgehead atoms. The van der Waals surface area contributed by atoms with Crippen molar-refractivity contribution in [1.82, 2.24) is 0 Å². The number of Topliss-reactive ketones (excluding diaryl/α,β-unsaturated/α-hetero) is 1. The number of ether oxygens (including phenoxy) is 9. The Kier molecular flexibility index (Phi) is 8.64. The third kappa shape index (κ3) is 6.94. The Morgan fingerprint density at radius 3 is 2.18 bits per heavy atom. The number of esters is 1. The summed E-state index contributed by atoms with van der Waals surface area (Å²) >= 11 is 0. The van der Waals surface area contributed by atoms with E-state index in [0.717, 1.165) is 0 Å². The zero-order chi connectivity index (χ0) is 28.4. The van der Waals surface area contributed by atoms with E-state index >= 15 is 0 Å². The van der Waals surface area contributed by atoms with Gasteiger partial charge in [-0.25, -0.2) is 4.79 Å². The largest absolute Gasteiger partial charge is 0.508 e. The minimum absolute atomic E-state index is 0.109. The summed E-state index contributed by atoms with van der Waals surface area (Å²) in [7, 11) is 1.41. The van der Waals surface area contributed by atoms with E-state index in [0.29, 0.717) is 5.56 Å². The molecule has 0 aliphatic carbocycles. The summed E-state index contributed by atoms with van der Waals surface area (Å²) in [6.45, 7) is 7.45. The van der Waals surface area contributed by atoms with Crippen LogP contribution in [0, 0.1) is 5.41 Å². The topological polar surface area (TPSA) is 134 Å². The van der Waals surface area contributed by atoms with Crippen LogP contribution in [0.2, 0.25) is 0 Å². The standard InChI is InChI=1S/C27H36O12/c1-25(2)36-19-18(35-22-21(20(19)37-25)38-26(3,4)39-22)13-32-23(29)27(5,14-31-6)15-34-24(30)33-12-17(28)16-10-8-7-9-11-16/h7-11,18-22H,12-15H2,1-6H3. The van der Waals surface area contributed by atoms with Gasteiger partial charge in [0.15, 0.2) is 30.3 Å². The molecule has 3 aliphatic rings. The molecule has 0 saturated carbocycles. The summed E-state index contributed by atoms with van der Waals surface area (Å²) in [5.41, 5.74) is -0.968. The van der Waals surface area contributed by atoms with E-state index in [-0.39, 0.29) is 19.0 Å². The van der Waals surface area contributed by atoms with Crippen LogP contribution >= 0.6 is 0 Å². The number of fused-ring (bicyclic) bond motifs is 3. The highest BCUT2D eigenvalue weighted by molar-refractivity contribution is 5.97. The molecule has 6 atom stereocenters. The van der Waals surface area contributed by atoms with Gasteiger partial charge in [0.05, 0.1) is 6.61 Å². The molecule has 4 rings (SSSR count). The molecule has 3 aliphatic heterocycles. The molecule has 12 nitrogen and oxygen atoms in total. The van der Waals surface area contributed by atoms with Crippen LogP contribution in [-0.4, -0.2) is 93.7 Å². The fourth-order valence-corrected chi connectivity index (χ4v) is 4.73. The number of rotatable bonds is 10. The Hall–Kier alpha value is -2.61. The molecular weight excluding hydrogens is 516 g/mol. The van der Waals surface area contributed by atoms with Gasteiger partial charge in [-0.15, -0.1) is 0 Å². The number of benzene rings is 1. The summed E-state index contributed by atoms with van der Waals surface area (Å²) < 4.78 is 50.9. The van der Waals surface area contributed by atoms with Gasteiger partial charge < -0.3 is 42.6 Å². The van der Waals surface area contributed by atoms with Gasteiger partial charge in [0.1, 0.15) is 43.0 Å². The molecule has 3 heterocycles. The second-order valence-electron chi connectivity index (χ2n) is 10.9. The van der Waals surface area contributed by atoms with Crippen molar-refractivity contribution < 1.29 is 57.0 Å². The molecule has 0 aromatic heterocycles. The molecule has 39 heavy (non-hydrogen) atoms. The van der Waals surface area contributed by atoms with E-state index < -0.39 is 73.0 Å².